The van der Waals surface area contributed by atoms with Crippen LogP contribution in [0.25, 0.3) is 0 Å². The number of nitrogens with one attached hydrogen (secondary N) is 1. The van der Waals surface area contributed by atoms with E-state index in [4.69, 9.17) is 5.11 Å². The van der Waals surface area contributed by atoms with Crippen molar-refractivity contribution < 1.29 is 23.1 Å². The Morgan fingerprint density at radius 2 is 2.11 bits per heavy atom. The molecule has 1 atom stereocenters. The summed E-state index contributed by atoms with van der Waals surface area (Å²) in [4.78, 5) is 10.5. The Bertz CT molecular complexity index is 448. The summed E-state index contributed by atoms with van der Waals surface area (Å²) in [5.74, 6) is -1.07. The van der Waals surface area contributed by atoms with Crippen LogP contribution in [0.1, 0.15) is 18.9 Å². The van der Waals surface area contributed by atoms with Gasteiger partial charge in [-0.1, -0.05) is 15.9 Å². The molecule has 0 aliphatic heterocycles. The molecular formula is C11H11BrF3NO2. The second kappa shape index (κ2) is 5.60. The fourth-order valence-electron chi connectivity index (χ4n) is 1.46. The van der Waals surface area contributed by atoms with Crippen molar-refractivity contribution >= 4 is 27.6 Å². The van der Waals surface area contributed by atoms with Gasteiger partial charge in [0.25, 0.3) is 0 Å². The molecule has 0 heterocycles. The third kappa shape index (κ3) is 4.21. The number of rotatable bonds is 4. The summed E-state index contributed by atoms with van der Waals surface area (Å²) in [5, 5.41) is 11.1. The summed E-state index contributed by atoms with van der Waals surface area (Å²) in [7, 11) is 0. The highest BCUT2D eigenvalue weighted by atomic mass is 79.9. The second-order valence-corrected chi connectivity index (χ2v) is 4.75. The molecule has 0 radical (unpaired) electrons. The number of halogens is 4. The average molecular weight is 326 g/mol. The normalized spacial score (nSPS) is 13.2. The molecule has 0 aromatic heterocycles. The molecule has 1 aromatic carbocycles. The van der Waals surface area contributed by atoms with Gasteiger partial charge in [0.2, 0.25) is 0 Å². The van der Waals surface area contributed by atoms with E-state index in [0.29, 0.717) is 4.47 Å². The highest BCUT2D eigenvalue weighted by Gasteiger charge is 2.34. The van der Waals surface area contributed by atoms with Gasteiger partial charge in [-0.3, -0.25) is 4.79 Å². The van der Waals surface area contributed by atoms with E-state index in [1.54, 1.807) is 0 Å². The van der Waals surface area contributed by atoms with E-state index >= 15 is 0 Å². The minimum atomic E-state index is -4.49. The number of carboxylic acids is 1. The lowest BCUT2D eigenvalue weighted by Gasteiger charge is -2.18. The maximum Gasteiger partial charge on any atom is 0.418 e. The zero-order chi connectivity index (χ0) is 13.9. The minimum absolute atomic E-state index is 0.126. The van der Waals surface area contributed by atoms with Crippen LogP contribution in [0.4, 0.5) is 18.9 Å². The van der Waals surface area contributed by atoms with Crippen LogP contribution in [0.5, 0.6) is 0 Å². The SMILES string of the molecule is CC(CC(=O)O)Nc1ccc(Br)cc1C(F)(F)F. The summed E-state index contributed by atoms with van der Waals surface area (Å²) in [6.07, 6.45) is -4.75. The molecule has 1 aromatic rings. The first kappa shape index (κ1) is 14.8. The lowest BCUT2D eigenvalue weighted by atomic mass is 10.1. The number of hydrogen-bond donors (Lipinski definition) is 2. The van der Waals surface area contributed by atoms with Crippen molar-refractivity contribution in [1.29, 1.82) is 0 Å². The summed E-state index contributed by atoms with van der Waals surface area (Å²) in [6.45, 7) is 1.51. The second-order valence-electron chi connectivity index (χ2n) is 3.83. The topological polar surface area (TPSA) is 49.3 Å². The number of alkyl halides is 3. The quantitative estimate of drug-likeness (QED) is 0.886. The van der Waals surface area contributed by atoms with Gasteiger partial charge in [-0.05, 0) is 25.1 Å². The standard InChI is InChI=1S/C11H11BrF3NO2/c1-6(4-10(17)18)16-9-3-2-7(12)5-8(9)11(13,14)15/h2-3,5-6,16H,4H2,1H3,(H,17,18). The molecule has 0 amide bonds. The van der Waals surface area contributed by atoms with E-state index in [0.717, 1.165) is 6.07 Å². The summed E-state index contributed by atoms with van der Waals surface area (Å²) in [5.41, 5.74) is -0.950. The largest absolute Gasteiger partial charge is 0.481 e. The van der Waals surface area contributed by atoms with Crippen LogP contribution in [0.2, 0.25) is 0 Å². The Balaban J connectivity index is 2.98. The number of carboxylic acid groups (broad SMARTS) is 1. The Hall–Kier alpha value is -1.24. The Morgan fingerprint density at radius 3 is 2.61 bits per heavy atom. The van der Waals surface area contributed by atoms with Gasteiger partial charge in [-0.2, -0.15) is 13.2 Å². The van der Waals surface area contributed by atoms with Crippen LogP contribution in [-0.4, -0.2) is 17.1 Å². The van der Waals surface area contributed by atoms with Gasteiger partial charge in [0.05, 0.1) is 12.0 Å². The van der Waals surface area contributed by atoms with Gasteiger partial charge >= 0.3 is 12.1 Å². The molecular weight excluding hydrogens is 315 g/mol. The Labute approximate surface area is 110 Å². The molecule has 0 saturated heterocycles. The van der Waals surface area contributed by atoms with E-state index in [9.17, 15) is 18.0 Å². The van der Waals surface area contributed by atoms with Gasteiger partial charge in [-0.25, -0.2) is 0 Å². The van der Waals surface area contributed by atoms with Gasteiger partial charge in [0.1, 0.15) is 0 Å². The van der Waals surface area contributed by atoms with Gasteiger partial charge in [0, 0.05) is 16.2 Å². The van der Waals surface area contributed by atoms with E-state index < -0.39 is 23.8 Å². The van der Waals surface area contributed by atoms with Crippen molar-refractivity contribution in [2.75, 3.05) is 5.32 Å². The fourth-order valence-corrected chi connectivity index (χ4v) is 1.82. The molecule has 3 nitrogen and oxygen atoms in total. The fraction of sp³-hybridized carbons (Fsp3) is 0.364. The number of anilines is 1. The van der Waals surface area contributed by atoms with E-state index in [-0.39, 0.29) is 12.1 Å². The third-order valence-corrected chi connectivity index (χ3v) is 2.66. The van der Waals surface area contributed by atoms with Crippen molar-refractivity contribution in [2.45, 2.75) is 25.6 Å². The number of carbonyl (C=O) groups is 1. The molecule has 1 rings (SSSR count). The van der Waals surface area contributed by atoms with Crippen molar-refractivity contribution in [3.05, 3.63) is 28.2 Å². The van der Waals surface area contributed by atoms with Crippen molar-refractivity contribution in [1.82, 2.24) is 0 Å². The minimum Gasteiger partial charge on any atom is -0.481 e. The molecule has 18 heavy (non-hydrogen) atoms. The molecule has 0 bridgehead atoms. The van der Waals surface area contributed by atoms with Gasteiger partial charge in [-0.15, -0.1) is 0 Å². The number of benzene rings is 1. The highest BCUT2D eigenvalue weighted by molar-refractivity contribution is 9.10. The Kier molecular flexibility index (Phi) is 4.61. The van der Waals surface area contributed by atoms with Crippen molar-refractivity contribution in [3.8, 4) is 0 Å². The molecule has 0 fully saturated rings. The first-order valence-corrected chi connectivity index (χ1v) is 5.84. The first-order chi connectivity index (χ1) is 8.20. The molecule has 2 N–H and O–H groups in total. The monoisotopic (exact) mass is 325 g/mol. The average Bonchev–Trinajstić information content (AvgIpc) is 2.17. The van der Waals surface area contributed by atoms with Crippen LogP contribution in [0.15, 0.2) is 22.7 Å². The predicted octanol–water partition coefficient (Wildman–Crippen LogP) is 3.74. The number of aliphatic carboxylic acids is 1. The Morgan fingerprint density at radius 1 is 1.50 bits per heavy atom. The molecule has 1 unspecified atom stereocenters. The maximum absolute atomic E-state index is 12.8. The molecule has 7 heteroatoms. The van der Waals surface area contributed by atoms with E-state index in [1.165, 1.54) is 19.1 Å². The molecule has 0 spiro atoms. The first-order valence-electron chi connectivity index (χ1n) is 5.05. The van der Waals surface area contributed by atoms with Gasteiger partial charge < -0.3 is 10.4 Å². The summed E-state index contributed by atoms with van der Waals surface area (Å²) in [6, 6.07) is 3.09. The molecule has 0 aliphatic carbocycles. The van der Waals surface area contributed by atoms with Crippen molar-refractivity contribution in [3.63, 3.8) is 0 Å². The van der Waals surface area contributed by atoms with Crippen LogP contribution in [0, 0.1) is 0 Å². The van der Waals surface area contributed by atoms with Crippen LogP contribution in [-0.2, 0) is 11.0 Å². The number of hydrogen-bond acceptors (Lipinski definition) is 2. The molecule has 0 aliphatic rings. The van der Waals surface area contributed by atoms with Crippen LogP contribution in [0.3, 0.4) is 0 Å². The zero-order valence-electron chi connectivity index (χ0n) is 9.38. The molecule has 100 valence electrons. The smallest absolute Gasteiger partial charge is 0.418 e. The summed E-state index contributed by atoms with van der Waals surface area (Å²) >= 11 is 2.97. The van der Waals surface area contributed by atoms with Gasteiger partial charge in [0.15, 0.2) is 0 Å². The lowest BCUT2D eigenvalue weighted by Crippen LogP contribution is -2.21. The van der Waals surface area contributed by atoms with Crippen LogP contribution < -0.4 is 5.32 Å². The zero-order valence-corrected chi connectivity index (χ0v) is 11.0. The highest BCUT2D eigenvalue weighted by Crippen LogP contribution is 2.36. The van der Waals surface area contributed by atoms with Crippen molar-refractivity contribution in [2.24, 2.45) is 0 Å². The third-order valence-electron chi connectivity index (χ3n) is 2.17. The van der Waals surface area contributed by atoms with E-state index in [2.05, 4.69) is 21.2 Å². The van der Waals surface area contributed by atoms with E-state index in [1.807, 2.05) is 0 Å². The predicted molar refractivity (Wildman–Crippen MR) is 64.5 cm³/mol. The summed E-state index contributed by atoms with van der Waals surface area (Å²) < 4.78 is 38.6. The molecule has 0 saturated carbocycles. The lowest BCUT2D eigenvalue weighted by molar-refractivity contribution is -0.137. The van der Waals surface area contributed by atoms with Crippen LogP contribution >= 0.6 is 15.9 Å². The maximum atomic E-state index is 12.8.